The standard InChI is InChI=1S/C17H26N2O2/c1-17(2,3)21-16(20)19-15(13-7-5-4-6-8-13)14-9-11-18-12-10-14/h4-8,14-15,18H,9-12H2,1-3H3,(H,19,20). The number of ether oxygens (including phenoxy) is 1. The molecule has 1 amide bonds. The zero-order valence-corrected chi connectivity index (χ0v) is 13.2. The third kappa shape index (κ3) is 5.05. The van der Waals surface area contributed by atoms with E-state index in [1.807, 2.05) is 39.0 Å². The third-order valence-corrected chi connectivity index (χ3v) is 3.69. The third-order valence-electron chi connectivity index (χ3n) is 3.69. The van der Waals surface area contributed by atoms with Crippen molar-refractivity contribution in [3.63, 3.8) is 0 Å². The minimum atomic E-state index is -0.473. The van der Waals surface area contributed by atoms with Gasteiger partial charge < -0.3 is 15.4 Å². The fraction of sp³-hybridized carbons (Fsp3) is 0.588. The smallest absolute Gasteiger partial charge is 0.408 e. The molecule has 1 heterocycles. The Kier molecular flexibility index (Phi) is 5.23. The number of hydrogen-bond acceptors (Lipinski definition) is 3. The molecule has 0 radical (unpaired) electrons. The molecule has 1 atom stereocenters. The van der Waals surface area contributed by atoms with Gasteiger partial charge in [0, 0.05) is 0 Å². The Labute approximate surface area is 127 Å². The Morgan fingerprint density at radius 3 is 2.43 bits per heavy atom. The molecule has 0 aromatic heterocycles. The predicted molar refractivity (Wildman–Crippen MR) is 84.1 cm³/mol. The van der Waals surface area contributed by atoms with Gasteiger partial charge in [-0.3, -0.25) is 0 Å². The van der Waals surface area contributed by atoms with Crippen molar-refractivity contribution < 1.29 is 9.53 Å². The molecule has 2 N–H and O–H groups in total. The highest BCUT2D eigenvalue weighted by molar-refractivity contribution is 5.68. The van der Waals surface area contributed by atoms with E-state index in [-0.39, 0.29) is 12.1 Å². The summed E-state index contributed by atoms with van der Waals surface area (Å²) in [6.07, 6.45) is 1.79. The molecule has 116 valence electrons. The Bertz CT molecular complexity index is 448. The van der Waals surface area contributed by atoms with E-state index in [2.05, 4.69) is 22.8 Å². The second-order valence-electron chi connectivity index (χ2n) is 6.62. The van der Waals surface area contributed by atoms with E-state index in [4.69, 9.17) is 4.74 Å². The maximum Gasteiger partial charge on any atom is 0.408 e. The Hall–Kier alpha value is -1.55. The lowest BCUT2D eigenvalue weighted by atomic mass is 9.86. The number of hydrogen-bond donors (Lipinski definition) is 2. The van der Waals surface area contributed by atoms with Gasteiger partial charge in [-0.2, -0.15) is 0 Å². The summed E-state index contributed by atoms with van der Waals surface area (Å²) in [7, 11) is 0. The number of nitrogens with one attached hydrogen (secondary N) is 2. The maximum absolute atomic E-state index is 12.1. The number of amides is 1. The number of carbonyl (C=O) groups is 1. The van der Waals surface area contributed by atoms with Crippen LogP contribution in [0.5, 0.6) is 0 Å². The highest BCUT2D eigenvalue weighted by Gasteiger charge is 2.28. The lowest BCUT2D eigenvalue weighted by Crippen LogP contribution is -2.41. The SMILES string of the molecule is CC(C)(C)OC(=O)NC(c1ccccc1)C1CCNCC1. The molecule has 21 heavy (non-hydrogen) atoms. The first kappa shape index (κ1) is 15.8. The molecule has 0 bridgehead atoms. The summed E-state index contributed by atoms with van der Waals surface area (Å²) < 4.78 is 5.41. The average molecular weight is 290 g/mol. The van der Waals surface area contributed by atoms with Crippen LogP contribution in [0.15, 0.2) is 30.3 Å². The van der Waals surface area contributed by atoms with Crippen LogP contribution in [-0.2, 0) is 4.74 Å². The summed E-state index contributed by atoms with van der Waals surface area (Å²) >= 11 is 0. The van der Waals surface area contributed by atoms with Crippen molar-refractivity contribution >= 4 is 6.09 Å². The molecular formula is C17H26N2O2. The second-order valence-corrected chi connectivity index (χ2v) is 6.62. The highest BCUT2D eigenvalue weighted by atomic mass is 16.6. The van der Waals surface area contributed by atoms with Gasteiger partial charge in [-0.25, -0.2) is 4.79 Å². The van der Waals surface area contributed by atoms with Gasteiger partial charge in [0.25, 0.3) is 0 Å². The maximum atomic E-state index is 12.1. The van der Waals surface area contributed by atoms with Crippen molar-refractivity contribution in [3.05, 3.63) is 35.9 Å². The molecule has 1 unspecified atom stereocenters. The number of benzene rings is 1. The Morgan fingerprint density at radius 1 is 1.24 bits per heavy atom. The number of alkyl carbamates (subject to hydrolysis) is 1. The monoisotopic (exact) mass is 290 g/mol. The quantitative estimate of drug-likeness (QED) is 0.898. The summed E-state index contributed by atoms with van der Waals surface area (Å²) in [5.74, 6) is 0.446. The minimum absolute atomic E-state index is 0.0168. The van der Waals surface area contributed by atoms with Gasteiger partial charge in [0.15, 0.2) is 0 Å². The van der Waals surface area contributed by atoms with Crippen molar-refractivity contribution in [2.24, 2.45) is 5.92 Å². The molecule has 4 nitrogen and oxygen atoms in total. The molecule has 1 aliphatic heterocycles. The number of carbonyl (C=O) groups excluding carboxylic acids is 1. The van der Waals surface area contributed by atoms with Crippen molar-refractivity contribution in [2.45, 2.75) is 45.3 Å². The van der Waals surface area contributed by atoms with Gasteiger partial charge in [-0.1, -0.05) is 30.3 Å². The van der Waals surface area contributed by atoms with Crippen LogP contribution in [0.1, 0.15) is 45.2 Å². The molecule has 1 saturated heterocycles. The number of rotatable bonds is 3. The van der Waals surface area contributed by atoms with E-state index in [9.17, 15) is 4.79 Å². The van der Waals surface area contributed by atoms with Crippen LogP contribution in [0.4, 0.5) is 4.79 Å². The van der Waals surface area contributed by atoms with Gasteiger partial charge in [0.1, 0.15) is 5.60 Å². The summed E-state index contributed by atoms with van der Waals surface area (Å²) in [5.41, 5.74) is 0.676. The molecule has 0 saturated carbocycles. The van der Waals surface area contributed by atoms with Crippen LogP contribution in [0.2, 0.25) is 0 Å². The molecule has 1 fully saturated rings. The summed E-state index contributed by atoms with van der Waals surface area (Å²) in [6.45, 7) is 7.66. The van der Waals surface area contributed by atoms with Crippen LogP contribution in [0.25, 0.3) is 0 Å². The van der Waals surface area contributed by atoms with E-state index < -0.39 is 5.60 Å². The molecule has 0 aliphatic carbocycles. The second kappa shape index (κ2) is 6.94. The van der Waals surface area contributed by atoms with E-state index in [0.29, 0.717) is 5.92 Å². The Morgan fingerprint density at radius 2 is 1.86 bits per heavy atom. The molecule has 0 spiro atoms. The lowest BCUT2D eigenvalue weighted by Gasteiger charge is -2.32. The topological polar surface area (TPSA) is 50.4 Å². The molecular weight excluding hydrogens is 264 g/mol. The fourth-order valence-corrected chi connectivity index (χ4v) is 2.75. The first-order valence-electron chi connectivity index (χ1n) is 7.71. The molecule has 2 rings (SSSR count). The molecule has 1 aromatic carbocycles. The van der Waals surface area contributed by atoms with E-state index in [1.54, 1.807) is 0 Å². The van der Waals surface area contributed by atoms with Gasteiger partial charge in [-0.15, -0.1) is 0 Å². The number of piperidine rings is 1. The van der Waals surface area contributed by atoms with Crippen LogP contribution in [-0.4, -0.2) is 24.8 Å². The van der Waals surface area contributed by atoms with Crippen molar-refractivity contribution in [2.75, 3.05) is 13.1 Å². The Balaban J connectivity index is 2.10. The van der Waals surface area contributed by atoms with E-state index in [1.165, 1.54) is 0 Å². The predicted octanol–water partition coefficient (Wildman–Crippen LogP) is 3.25. The highest BCUT2D eigenvalue weighted by Crippen LogP contribution is 2.29. The van der Waals surface area contributed by atoms with Gasteiger partial charge in [0.05, 0.1) is 6.04 Å². The van der Waals surface area contributed by atoms with Gasteiger partial charge in [-0.05, 0) is 58.2 Å². The molecule has 1 aliphatic rings. The zero-order chi connectivity index (χ0) is 15.3. The lowest BCUT2D eigenvalue weighted by molar-refractivity contribution is 0.0477. The molecule has 4 heteroatoms. The van der Waals surface area contributed by atoms with Crippen LogP contribution in [0, 0.1) is 5.92 Å². The molecule has 1 aromatic rings. The van der Waals surface area contributed by atoms with Crippen LogP contribution in [0.3, 0.4) is 0 Å². The average Bonchev–Trinajstić information content (AvgIpc) is 2.45. The fourth-order valence-electron chi connectivity index (χ4n) is 2.75. The zero-order valence-electron chi connectivity index (χ0n) is 13.2. The first-order chi connectivity index (χ1) is 9.96. The van der Waals surface area contributed by atoms with Crippen molar-refractivity contribution in [3.8, 4) is 0 Å². The largest absolute Gasteiger partial charge is 0.444 e. The van der Waals surface area contributed by atoms with Gasteiger partial charge >= 0.3 is 6.09 Å². The first-order valence-corrected chi connectivity index (χ1v) is 7.71. The van der Waals surface area contributed by atoms with Crippen molar-refractivity contribution in [1.82, 2.24) is 10.6 Å². The van der Waals surface area contributed by atoms with Crippen molar-refractivity contribution in [1.29, 1.82) is 0 Å². The van der Waals surface area contributed by atoms with E-state index >= 15 is 0 Å². The van der Waals surface area contributed by atoms with Crippen LogP contribution >= 0.6 is 0 Å². The summed E-state index contributed by atoms with van der Waals surface area (Å²) in [4.78, 5) is 12.1. The minimum Gasteiger partial charge on any atom is -0.444 e. The van der Waals surface area contributed by atoms with Gasteiger partial charge in [0.2, 0.25) is 0 Å². The van der Waals surface area contributed by atoms with Crippen LogP contribution < -0.4 is 10.6 Å². The summed E-state index contributed by atoms with van der Waals surface area (Å²) in [5, 5.41) is 6.44. The summed E-state index contributed by atoms with van der Waals surface area (Å²) in [6, 6.07) is 10.2. The van der Waals surface area contributed by atoms with E-state index in [0.717, 1.165) is 31.5 Å². The normalized spacial score (nSPS) is 18.0.